The van der Waals surface area contributed by atoms with E-state index in [1.54, 1.807) is 18.2 Å². The van der Waals surface area contributed by atoms with Gasteiger partial charge in [0.1, 0.15) is 11.3 Å². The number of benzene rings is 3. The monoisotopic (exact) mass is 447 g/mol. The van der Waals surface area contributed by atoms with E-state index in [2.05, 4.69) is 18.6 Å². The molecule has 32 heavy (non-hydrogen) atoms. The zero-order chi connectivity index (χ0) is 22.7. The van der Waals surface area contributed by atoms with Crippen molar-refractivity contribution in [3.63, 3.8) is 0 Å². The SMILES string of the molecule is CCc1ccc(S(=O)(=O)Nc2cc3c4c(oc3c3ccccc23)CC(C)(C)CC4=O)cc1. The Bertz CT molecular complexity index is 1480. The third kappa shape index (κ3) is 3.39. The number of carbonyl (C=O) groups excluding carboxylic acids is 1. The number of furan rings is 1. The molecule has 0 saturated carbocycles. The first-order valence-electron chi connectivity index (χ1n) is 10.8. The van der Waals surface area contributed by atoms with Gasteiger partial charge >= 0.3 is 0 Å². The number of aryl methyl sites for hydroxylation is 1. The normalized spacial score (nSPS) is 15.8. The third-order valence-corrected chi connectivity index (χ3v) is 7.59. The fourth-order valence-electron chi connectivity index (χ4n) is 4.61. The molecule has 5 nitrogen and oxygen atoms in total. The Morgan fingerprint density at radius 1 is 0.969 bits per heavy atom. The Hall–Kier alpha value is -3.12. The summed E-state index contributed by atoms with van der Waals surface area (Å²) in [5.74, 6) is 0.718. The van der Waals surface area contributed by atoms with Gasteiger partial charge < -0.3 is 4.42 Å². The number of rotatable bonds is 4. The van der Waals surface area contributed by atoms with E-state index in [9.17, 15) is 13.2 Å². The molecule has 6 heteroatoms. The summed E-state index contributed by atoms with van der Waals surface area (Å²) in [7, 11) is -3.80. The Labute approximate surface area is 187 Å². The van der Waals surface area contributed by atoms with Crippen LogP contribution in [-0.4, -0.2) is 14.2 Å². The topological polar surface area (TPSA) is 76.4 Å². The van der Waals surface area contributed by atoms with Crippen LogP contribution >= 0.6 is 0 Å². The summed E-state index contributed by atoms with van der Waals surface area (Å²) < 4.78 is 35.3. The van der Waals surface area contributed by atoms with E-state index in [0.717, 1.165) is 22.8 Å². The number of Topliss-reactive ketones (excluding diaryl/α,β-unsaturated/α-hetero) is 1. The highest BCUT2D eigenvalue weighted by atomic mass is 32.2. The summed E-state index contributed by atoms with van der Waals surface area (Å²) in [4.78, 5) is 13.2. The van der Waals surface area contributed by atoms with Crippen molar-refractivity contribution >= 4 is 43.2 Å². The number of hydrogen-bond acceptors (Lipinski definition) is 4. The lowest BCUT2D eigenvalue weighted by atomic mass is 9.76. The van der Waals surface area contributed by atoms with Crippen molar-refractivity contribution in [1.82, 2.24) is 0 Å². The van der Waals surface area contributed by atoms with Crippen molar-refractivity contribution in [1.29, 1.82) is 0 Å². The van der Waals surface area contributed by atoms with Crippen LogP contribution < -0.4 is 4.72 Å². The Morgan fingerprint density at radius 2 is 1.66 bits per heavy atom. The molecule has 0 bridgehead atoms. The van der Waals surface area contributed by atoms with Gasteiger partial charge in [-0.2, -0.15) is 0 Å². The molecule has 164 valence electrons. The van der Waals surface area contributed by atoms with Gasteiger partial charge in [0.25, 0.3) is 10.0 Å². The van der Waals surface area contributed by atoms with Gasteiger partial charge in [0.15, 0.2) is 5.78 Å². The van der Waals surface area contributed by atoms with Gasteiger partial charge in [0, 0.05) is 29.0 Å². The maximum Gasteiger partial charge on any atom is 0.261 e. The van der Waals surface area contributed by atoms with E-state index in [0.29, 0.717) is 40.8 Å². The highest BCUT2D eigenvalue weighted by Crippen LogP contribution is 2.43. The lowest BCUT2D eigenvalue weighted by Gasteiger charge is -2.27. The van der Waals surface area contributed by atoms with Gasteiger partial charge in [-0.3, -0.25) is 9.52 Å². The van der Waals surface area contributed by atoms with Crippen molar-refractivity contribution in [2.24, 2.45) is 5.41 Å². The minimum Gasteiger partial charge on any atom is -0.460 e. The number of ketones is 1. The van der Waals surface area contributed by atoms with Crippen LogP contribution in [0.1, 0.15) is 48.9 Å². The van der Waals surface area contributed by atoms with E-state index in [4.69, 9.17) is 4.42 Å². The van der Waals surface area contributed by atoms with E-state index >= 15 is 0 Å². The number of hydrogen-bond donors (Lipinski definition) is 1. The van der Waals surface area contributed by atoms with E-state index in [1.165, 1.54) is 0 Å². The predicted molar refractivity (Wildman–Crippen MR) is 127 cm³/mol. The number of anilines is 1. The molecule has 0 radical (unpaired) electrons. The van der Waals surface area contributed by atoms with Crippen LogP contribution in [0.25, 0.3) is 21.7 Å². The van der Waals surface area contributed by atoms with Crippen LogP contribution in [0.2, 0.25) is 0 Å². The molecule has 4 aromatic rings. The molecule has 0 amide bonds. The van der Waals surface area contributed by atoms with Crippen molar-refractivity contribution in [2.45, 2.75) is 44.9 Å². The smallest absolute Gasteiger partial charge is 0.261 e. The molecule has 1 heterocycles. The lowest BCUT2D eigenvalue weighted by Crippen LogP contribution is -2.25. The molecule has 0 aliphatic heterocycles. The van der Waals surface area contributed by atoms with Gasteiger partial charge in [0.05, 0.1) is 16.1 Å². The number of fused-ring (bicyclic) bond motifs is 5. The summed E-state index contributed by atoms with van der Waals surface area (Å²) in [5.41, 5.74) is 2.56. The first-order chi connectivity index (χ1) is 15.2. The highest BCUT2D eigenvalue weighted by Gasteiger charge is 2.36. The Balaban J connectivity index is 1.69. The zero-order valence-corrected chi connectivity index (χ0v) is 19.2. The van der Waals surface area contributed by atoms with Crippen molar-refractivity contribution in [2.75, 3.05) is 4.72 Å². The summed E-state index contributed by atoms with van der Waals surface area (Å²) in [6, 6.07) is 16.1. The average molecular weight is 448 g/mol. The molecular weight excluding hydrogens is 422 g/mol. The number of nitrogens with one attached hydrogen (secondary N) is 1. The molecule has 1 N–H and O–H groups in total. The molecule has 1 aliphatic carbocycles. The molecule has 0 fully saturated rings. The highest BCUT2D eigenvalue weighted by molar-refractivity contribution is 7.92. The summed E-state index contributed by atoms with van der Waals surface area (Å²) in [6.07, 6.45) is 1.94. The second-order valence-electron chi connectivity index (χ2n) is 9.29. The molecule has 0 spiro atoms. The van der Waals surface area contributed by atoms with E-state index in [1.807, 2.05) is 43.3 Å². The van der Waals surface area contributed by atoms with Crippen LogP contribution in [0, 0.1) is 5.41 Å². The third-order valence-electron chi connectivity index (χ3n) is 6.21. The first kappa shape index (κ1) is 20.8. The molecule has 1 aromatic heterocycles. The van der Waals surface area contributed by atoms with E-state index < -0.39 is 10.0 Å². The molecule has 3 aromatic carbocycles. The summed E-state index contributed by atoms with van der Waals surface area (Å²) in [5, 5.41) is 2.17. The van der Waals surface area contributed by atoms with Gasteiger partial charge in [-0.1, -0.05) is 57.2 Å². The fraction of sp³-hybridized carbons (Fsp3) is 0.269. The molecule has 0 atom stereocenters. The summed E-state index contributed by atoms with van der Waals surface area (Å²) in [6.45, 7) is 6.14. The number of sulfonamides is 1. The van der Waals surface area contributed by atoms with Crippen molar-refractivity contribution in [3.8, 4) is 0 Å². The molecule has 5 rings (SSSR count). The molecular formula is C26H25NO4S. The van der Waals surface area contributed by atoms with Crippen molar-refractivity contribution < 1.29 is 17.6 Å². The predicted octanol–water partition coefficient (Wildman–Crippen LogP) is 6.10. The quantitative estimate of drug-likeness (QED) is 0.410. The van der Waals surface area contributed by atoms with Gasteiger partial charge in [-0.15, -0.1) is 0 Å². The van der Waals surface area contributed by atoms with Crippen LogP contribution in [0.5, 0.6) is 0 Å². The van der Waals surface area contributed by atoms with Crippen LogP contribution in [0.3, 0.4) is 0 Å². The van der Waals surface area contributed by atoms with Gasteiger partial charge in [-0.25, -0.2) is 8.42 Å². The largest absolute Gasteiger partial charge is 0.460 e. The minimum absolute atomic E-state index is 0.0363. The van der Waals surface area contributed by atoms with E-state index in [-0.39, 0.29) is 16.1 Å². The zero-order valence-electron chi connectivity index (χ0n) is 18.4. The minimum atomic E-state index is -3.80. The van der Waals surface area contributed by atoms with Crippen LogP contribution in [0.15, 0.2) is 63.9 Å². The second kappa shape index (κ2) is 7.20. The molecule has 1 aliphatic rings. The Morgan fingerprint density at radius 3 is 2.34 bits per heavy atom. The lowest BCUT2D eigenvalue weighted by molar-refractivity contribution is 0.0906. The second-order valence-corrected chi connectivity index (χ2v) is 11.0. The maximum atomic E-state index is 13.2. The van der Waals surface area contributed by atoms with Crippen LogP contribution in [0.4, 0.5) is 5.69 Å². The standard InChI is InChI=1S/C26H25NO4S/c1-4-16-9-11-17(12-10-16)32(29,30)27-21-13-20-24-22(28)14-26(2,3)15-23(24)31-25(20)19-8-6-5-7-18(19)21/h5-13,27H,4,14-15H2,1-3H3. The molecule has 0 unspecified atom stereocenters. The molecule has 0 saturated heterocycles. The van der Waals surface area contributed by atoms with Gasteiger partial charge in [0.2, 0.25) is 0 Å². The van der Waals surface area contributed by atoms with Crippen molar-refractivity contribution in [3.05, 3.63) is 71.5 Å². The first-order valence-corrected chi connectivity index (χ1v) is 12.3. The summed E-state index contributed by atoms with van der Waals surface area (Å²) >= 11 is 0. The van der Waals surface area contributed by atoms with Crippen LogP contribution in [-0.2, 0) is 22.9 Å². The van der Waals surface area contributed by atoms with Gasteiger partial charge in [-0.05, 0) is 35.6 Å². The average Bonchev–Trinajstić information content (AvgIpc) is 3.11. The number of carbonyl (C=O) groups is 1. The Kier molecular flexibility index (Phi) is 4.67. The maximum absolute atomic E-state index is 13.2. The fourth-order valence-corrected chi connectivity index (χ4v) is 5.68.